The maximum Gasteiger partial charge on any atom is 0.253 e. The van der Waals surface area contributed by atoms with Gasteiger partial charge in [0.15, 0.2) is 0 Å². The molecule has 2 aliphatic rings. The Morgan fingerprint density at radius 2 is 1.53 bits per heavy atom. The van der Waals surface area contributed by atoms with Crippen molar-refractivity contribution < 1.29 is 9.59 Å². The lowest BCUT2D eigenvalue weighted by atomic mass is 9.89. The van der Waals surface area contributed by atoms with Crippen molar-refractivity contribution in [1.82, 2.24) is 9.80 Å². The predicted octanol–water partition coefficient (Wildman–Crippen LogP) is 4.89. The Morgan fingerprint density at radius 3 is 2.27 bits per heavy atom. The van der Waals surface area contributed by atoms with Crippen molar-refractivity contribution in [2.24, 2.45) is 5.92 Å². The molecular weight excluding hydrogens is 372 g/mol. The quantitative estimate of drug-likeness (QED) is 0.731. The van der Waals surface area contributed by atoms with E-state index in [1.807, 2.05) is 53.1 Å². The van der Waals surface area contributed by atoms with Crippen molar-refractivity contribution in [1.29, 1.82) is 0 Å². The van der Waals surface area contributed by atoms with Crippen molar-refractivity contribution >= 4 is 11.8 Å². The lowest BCUT2D eigenvalue weighted by Crippen LogP contribution is -2.39. The average molecular weight is 405 g/mol. The van der Waals surface area contributed by atoms with Gasteiger partial charge in [0.1, 0.15) is 0 Å². The number of piperidine rings is 2. The van der Waals surface area contributed by atoms with Crippen LogP contribution in [-0.2, 0) is 0 Å². The summed E-state index contributed by atoms with van der Waals surface area (Å²) in [6, 6.07) is 15.9. The van der Waals surface area contributed by atoms with Crippen LogP contribution in [0.3, 0.4) is 0 Å². The number of hydrogen-bond acceptors (Lipinski definition) is 2. The first-order chi connectivity index (χ1) is 14.5. The fraction of sp³-hybridized carbons (Fsp3) is 0.462. The standard InChI is InChI=1S/C26H32N2O2/c1-19-8-10-21(11-9-19)25(29)28-14-4-7-24(18-28)22-5-3-6-23(17-22)26(30)27-15-12-20(2)13-16-27/h3,5-6,8-11,17,20,24H,4,7,12-16,18H2,1-2H3/t24-/m1/s1. The molecule has 4 nitrogen and oxygen atoms in total. The molecule has 0 N–H and O–H groups in total. The number of nitrogens with zero attached hydrogens (tertiary/aromatic N) is 2. The summed E-state index contributed by atoms with van der Waals surface area (Å²) < 4.78 is 0. The summed E-state index contributed by atoms with van der Waals surface area (Å²) in [5.41, 5.74) is 3.87. The van der Waals surface area contributed by atoms with Crippen LogP contribution >= 0.6 is 0 Å². The first kappa shape index (κ1) is 20.6. The van der Waals surface area contributed by atoms with Crippen LogP contribution in [0.25, 0.3) is 0 Å². The summed E-state index contributed by atoms with van der Waals surface area (Å²) in [4.78, 5) is 29.9. The number of benzene rings is 2. The summed E-state index contributed by atoms with van der Waals surface area (Å²) in [6.45, 7) is 7.51. The van der Waals surface area contributed by atoms with Crippen LogP contribution in [0.4, 0.5) is 0 Å². The van der Waals surface area contributed by atoms with Gasteiger partial charge in [0.2, 0.25) is 0 Å². The smallest absolute Gasteiger partial charge is 0.253 e. The molecule has 0 bridgehead atoms. The first-order valence-electron chi connectivity index (χ1n) is 11.3. The Bertz CT molecular complexity index is 898. The van der Waals surface area contributed by atoms with Gasteiger partial charge >= 0.3 is 0 Å². The minimum atomic E-state index is 0.106. The second-order valence-corrected chi connectivity index (χ2v) is 9.06. The zero-order valence-corrected chi connectivity index (χ0v) is 18.1. The molecule has 30 heavy (non-hydrogen) atoms. The molecule has 0 aliphatic carbocycles. The Kier molecular flexibility index (Phi) is 6.21. The molecule has 2 heterocycles. The molecule has 158 valence electrons. The van der Waals surface area contributed by atoms with Gasteiger partial charge in [-0.3, -0.25) is 9.59 Å². The zero-order chi connectivity index (χ0) is 21.1. The molecule has 2 fully saturated rings. The summed E-state index contributed by atoms with van der Waals surface area (Å²) >= 11 is 0. The summed E-state index contributed by atoms with van der Waals surface area (Å²) in [5.74, 6) is 1.24. The van der Waals surface area contributed by atoms with Crippen LogP contribution in [0.2, 0.25) is 0 Å². The van der Waals surface area contributed by atoms with Gasteiger partial charge in [-0.25, -0.2) is 0 Å². The van der Waals surface area contributed by atoms with E-state index in [1.54, 1.807) is 0 Å². The van der Waals surface area contributed by atoms with Crippen LogP contribution in [0, 0.1) is 12.8 Å². The molecule has 2 aromatic carbocycles. The third-order valence-corrected chi connectivity index (χ3v) is 6.68. The minimum Gasteiger partial charge on any atom is -0.339 e. The molecule has 4 heteroatoms. The number of rotatable bonds is 3. The van der Waals surface area contributed by atoms with Crippen LogP contribution in [0.15, 0.2) is 48.5 Å². The Morgan fingerprint density at radius 1 is 0.833 bits per heavy atom. The second-order valence-electron chi connectivity index (χ2n) is 9.06. The van der Waals surface area contributed by atoms with E-state index in [-0.39, 0.29) is 17.7 Å². The van der Waals surface area contributed by atoms with Gasteiger partial charge in [-0.1, -0.05) is 36.8 Å². The molecule has 0 saturated carbocycles. The SMILES string of the molecule is Cc1ccc(C(=O)N2CCC[C@@H](c3cccc(C(=O)N4CCC(C)CC4)c3)C2)cc1. The molecule has 0 radical (unpaired) electrons. The Hall–Kier alpha value is -2.62. The van der Waals surface area contributed by atoms with Crippen molar-refractivity contribution in [3.63, 3.8) is 0 Å². The highest BCUT2D eigenvalue weighted by molar-refractivity contribution is 5.95. The molecular formula is C26H32N2O2. The van der Waals surface area contributed by atoms with E-state index in [9.17, 15) is 9.59 Å². The normalized spacial score (nSPS) is 20.3. The van der Waals surface area contributed by atoms with Crippen molar-refractivity contribution in [2.75, 3.05) is 26.2 Å². The van der Waals surface area contributed by atoms with Crippen molar-refractivity contribution in [3.8, 4) is 0 Å². The molecule has 1 atom stereocenters. The largest absolute Gasteiger partial charge is 0.339 e. The van der Waals surface area contributed by atoms with Crippen LogP contribution in [0.5, 0.6) is 0 Å². The Balaban J connectivity index is 1.46. The number of aryl methyl sites for hydroxylation is 1. The molecule has 0 aromatic heterocycles. The first-order valence-corrected chi connectivity index (χ1v) is 11.3. The van der Waals surface area contributed by atoms with E-state index in [1.165, 1.54) is 5.56 Å². The highest BCUT2D eigenvalue weighted by Crippen LogP contribution is 2.29. The summed E-state index contributed by atoms with van der Waals surface area (Å²) in [6.07, 6.45) is 4.22. The average Bonchev–Trinajstić information content (AvgIpc) is 2.79. The van der Waals surface area contributed by atoms with Gasteiger partial charge in [-0.2, -0.15) is 0 Å². The van der Waals surface area contributed by atoms with Gasteiger partial charge in [0.25, 0.3) is 11.8 Å². The van der Waals surface area contributed by atoms with E-state index >= 15 is 0 Å². The number of hydrogen-bond donors (Lipinski definition) is 0. The van der Waals surface area contributed by atoms with Gasteiger partial charge in [-0.05, 0) is 68.4 Å². The van der Waals surface area contributed by atoms with E-state index in [4.69, 9.17) is 0 Å². The monoisotopic (exact) mass is 404 g/mol. The maximum absolute atomic E-state index is 13.0. The molecule has 2 saturated heterocycles. The number of likely N-dealkylation sites (tertiary alicyclic amines) is 2. The maximum atomic E-state index is 13.0. The zero-order valence-electron chi connectivity index (χ0n) is 18.1. The Labute approximate surface area is 179 Å². The van der Waals surface area contributed by atoms with Gasteiger partial charge in [-0.15, -0.1) is 0 Å². The lowest BCUT2D eigenvalue weighted by Gasteiger charge is -2.33. The van der Waals surface area contributed by atoms with E-state index in [0.29, 0.717) is 12.5 Å². The third-order valence-electron chi connectivity index (χ3n) is 6.68. The minimum absolute atomic E-state index is 0.106. The molecule has 2 amide bonds. The highest BCUT2D eigenvalue weighted by atomic mass is 16.2. The summed E-state index contributed by atoms with van der Waals surface area (Å²) in [5, 5.41) is 0. The van der Waals surface area contributed by atoms with Crippen LogP contribution in [-0.4, -0.2) is 47.8 Å². The fourth-order valence-corrected chi connectivity index (χ4v) is 4.63. The van der Waals surface area contributed by atoms with Crippen molar-refractivity contribution in [2.45, 2.75) is 45.4 Å². The number of carbonyl (C=O) groups excluding carboxylic acids is 2. The van der Waals surface area contributed by atoms with E-state index in [0.717, 1.165) is 62.0 Å². The molecule has 4 rings (SSSR count). The highest BCUT2D eigenvalue weighted by Gasteiger charge is 2.27. The number of carbonyl (C=O) groups is 2. The van der Waals surface area contributed by atoms with E-state index in [2.05, 4.69) is 19.1 Å². The molecule has 2 aliphatic heterocycles. The molecule has 2 aromatic rings. The summed E-state index contributed by atoms with van der Waals surface area (Å²) in [7, 11) is 0. The molecule has 0 spiro atoms. The fourth-order valence-electron chi connectivity index (χ4n) is 4.63. The third kappa shape index (κ3) is 4.58. The predicted molar refractivity (Wildman–Crippen MR) is 120 cm³/mol. The van der Waals surface area contributed by atoms with Crippen LogP contribution < -0.4 is 0 Å². The number of amides is 2. The topological polar surface area (TPSA) is 40.6 Å². The lowest BCUT2D eigenvalue weighted by molar-refractivity contribution is 0.0689. The van der Waals surface area contributed by atoms with Gasteiger partial charge in [0.05, 0.1) is 0 Å². The second kappa shape index (κ2) is 9.03. The molecule has 0 unspecified atom stereocenters. The van der Waals surface area contributed by atoms with Gasteiger partial charge in [0, 0.05) is 43.2 Å². The van der Waals surface area contributed by atoms with Gasteiger partial charge < -0.3 is 9.80 Å². The van der Waals surface area contributed by atoms with Crippen LogP contribution in [0.1, 0.15) is 70.4 Å². The van der Waals surface area contributed by atoms with E-state index < -0.39 is 0 Å². The van der Waals surface area contributed by atoms with Crippen molar-refractivity contribution in [3.05, 3.63) is 70.8 Å².